The van der Waals surface area contributed by atoms with Gasteiger partial charge in [0, 0.05) is 38.8 Å². The van der Waals surface area contributed by atoms with E-state index in [1.54, 1.807) is 0 Å². The Morgan fingerprint density at radius 2 is 2.21 bits per heavy atom. The third kappa shape index (κ3) is 8.58. The molecular weight excluding hydrogens is 502 g/mol. The van der Waals surface area contributed by atoms with Gasteiger partial charge in [-0.3, -0.25) is 9.79 Å². The number of anilines is 1. The lowest BCUT2D eigenvalue weighted by Gasteiger charge is -2.34. The number of hydrogen-bond donors (Lipinski definition) is 3. The summed E-state index contributed by atoms with van der Waals surface area (Å²) in [6.07, 6.45) is -1.19. The van der Waals surface area contributed by atoms with Gasteiger partial charge in [0.05, 0.1) is 6.54 Å². The summed E-state index contributed by atoms with van der Waals surface area (Å²) in [6.45, 7) is 4.77. The number of halogens is 4. The lowest BCUT2D eigenvalue weighted by molar-refractivity contribution is -0.141. The number of likely N-dealkylation sites (tertiary alicyclic amines) is 1. The smallest absolute Gasteiger partial charge is 0.370 e. The van der Waals surface area contributed by atoms with Gasteiger partial charge < -0.3 is 21.3 Å². The lowest BCUT2D eigenvalue weighted by Crippen LogP contribution is -2.47. The molecule has 8 nitrogen and oxygen atoms in total. The van der Waals surface area contributed by atoms with E-state index in [9.17, 15) is 18.0 Å². The Hall–Kier alpha value is -1.86. The summed E-state index contributed by atoms with van der Waals surface area (Å²) in [5, 5.41) is 5.96. The number of aliphatic imine (C=N–C) groups is 1. The first kappa shape index (κ1) is 25.2. The fourth-order valence-corrected chi connectivity index (χ4v) is 3.07. The normalized spacial score (nSPS) is 17.4. The number of nitrogens with two attached hydrogens (primary N) is 1. The van der Waals surface area contributed by atoms with Crippen LogP contribution in [-0.2, 0) is 11.0 Å². The molecule has 29 heavy (non-hydrogen) atoms. The molecule has 1 aliphatic rings. The van der Waals surface area contributed by atoms with Crippen LogP contribution in [0.4, 0.5) is 19.1 Å². The lowest BCUT2D eigenvalue weighted by atomic mass is 9.95. The van der Waals surface area contributed by atoms with Crippen molar-refractivity contribution in [2.24, 2.45) is 16.6 Å². The van der Waals surface area contributed by atoms with Gasteiger partial charge in [0.1, 0.15) is 5.69 Å². The highest BCUT2D eigenvalue weighted by molar-refractivity contribution is 14.0. The first-order chi connectivity index (χ1) is 13.3. The number of guanidine groups is 1. The highest BCUT2D eigenvalue weighted by Gasteiger charge is 2.32. The second-order valence-corrected chi connectivity index (χ2v) is 6.55. The molecule has 2 heterocycles. The van der Waals surface area contributed by atoms with Crippen LogP contribution in [0.1, 0.15) is 31.9 Å². The molecular formula is C17H27F3IN7O. The van der Waals surface area contributed by atoms with E-state index in [1.807, 2.05) is 6.92 Å². The van der Waals surface area contributed by atoms with Crippen molar-refractivity contribution in [1.29, 1.82) is 0 Å². The average Bonchev–Trinajstić information content (AvgIpc) is 2.63. The van der Waals surface area contributed by atoms with Gasteiger partial charge in [0.25, 0.3) is 0 Å². The van der Waals surface area contributed by atoms with Crippen LogP contribution in [0.25, 0.3) is 0 Å². The number of aromatic nitrogens is 2. The molecule has 1 fully saturated rings. The molecule has 1 aliphatic heterocycles. The van der Waals surface area contributed by atoms with Crippen molar-refractivity contribution in [2.45, 2.75) is 32.4 Å². The molecule has 0 aromatic carbocycles. The molecule has 4 N–H and O–H groups in total. The second-order valence-electron chi connectivity index (χ2n) is 6.55. The minimum Gasteiger partial charge on any atom is -0.370 e. The van der Waals surface area contributed by atoms with Crippen molar-refractivity contribution in [2.75, 3.05) is 38.0 Å². The van der Waals surface area contributed by atoms with E-state index in [0.717, 1.165) is 31.6 Å². The number of amides is 1. The van der Waals surface area contributed by atoms with Crippen molar-refractivity contribution in [3.63, 3.8) is 0 Å². The van der Waals surface area contributed by atoms with E-state index in [1.165, 1.54) is 0 Å². The number of carbonyl (C=O) groups is 1. The second kappa shape index (κ2) is 12.0. The third-order valence-corrected chi connectivity index (χ3v) is 4.25. The summed E-state index contributed by atoms with van der Waals surface area (Å²) in [7, 11) is 0. The largest absolute Gasteiger partial charge is 0.433 e. The van der Waals surface area contributed by atoms with Crippen molar-refractivity contribution in [3.8, 4) is 0 Å². The maximum atomic E-state index is 12.7. The Kier molecular flexibility index (Phi) is 10.4. The Labute approximate surface area is 185 Å². The first-order valence-corrected chi connectivity index (χ1v) is 9.25. The zero-order chi connectivity index (χ0) is 20.6. The molecule has 1 amide bonds. The topological polar surface area (TPSA) is 109 Å². The molecule has 0 spiro atoms. The standard InChI is InChI=1S/C17H26F3N7O.HI/c1-2-22-16(27-9-3-4-12(11-27)10-14(21)28)25-8-7-24-15-23-6-5-13(26-15)17(18,19)20;/h5-6,12H,2-4,7-11H2,1H3,(H2,21,28)(H,22,25)(H,23,24,26);1H. The molecule has 1 saturated heterocycles. The van der Waals surface area contributed by atoms with Crippen LogP contribution < -0.4 is 16.4 Å². The van der Waals surface area contributed by atoms with E-state index >= 15 is 0 Å². The Morgan fingerprint density at radius 3 is 2.86 bits per heavy atom. The molecule has 164 valence electrons. The fraction of sp³-hybridized carbons (Fsp3) is 0.647. The number of nitrogens with zero attached hydrogens (tertiary/aromatic N) is 4. The molecule has 12 heteroatoms. The van der Waals surface area contributed by atoms with E-state index in [-0.39, 0.29) is 48.3 Å². The molecule has 0 aliphatic carbocycles. The number of hydrogen-bond acceptors (Lipinski definition) is 5. The van der Waals surface area contributed by atoms with Gasteiger partial charge in [-0.2, -0.15) is 13.2 Å². The molecule has 1 aromatic rings. The highest BCUT2D eigenvalue weighted by Crippen LogP contribution is 2.27. The van der Waals surface area contributed by atoms with Crippen LogP contribution in [0.3, 0.4) is 0 Å². The number of rotatable bonds is 7. The van der Waals surface area contributed by atoms with Crippen molar-refractivity contribution < 1.29 is 18.0 Å². The van der Waals surface area contributed by atoms with Crippen LogP contribution in [0.15, 0.2) is 17.3 Å². The molecule has 2 rings (SSSR count). The summed E-state index contributed by atoms with van der Waals surface area (Å²) in [4.78, 5) is 25.0. The summed E-state index contributed by atoms with van der Waals surface area (Å²) < 4.78 is 38.0. The molecule has 0 saturated carbocycles. The van der Waals surface area contributed by atoms with Crippen LogP contribution in [-0.4, -0.2) is 59.5 Å². The summed E-state index contributed by atoms with van der Waals surface area (Å²) in [6, 6.07) is 0.825. The fourth-order valence-electron chi connectivity index (χ4n) is 3.07. The van der Waals surface area contributed by atoms with Gasteiger partial charge in [-0.1, -0.05) is 0 Å². The predicted octanol–water partition coefficient (Wildman–Crippen LogP) is 2.08. The zero-order valence-corrected chi connectivity index (χ0v) is 18.5. The SMILES string of the molecule is CCNC(=NCCNc1nccc(C(F)(F)F)n1)N1CCCC(CC(N)=O)C1.I. The van der Waals surface area contributed by atoms with Gasteiger partial charge in [0.2, 0.25) is 11.9 Å². The van der Waals surface area contributed by atoms with Crippen molar-refractivity contribution in [1.82, 2.24) is 20.2 Å². The van der Waals surface area contributed by atoms with Crippen LogP contribution in [0.2, 0.25) is 0 Å². The van der Waals surface area contributed by atoms with Crippen LogP contribution in [0.5, 0.6) is 0 Å². The zero-order valence-electron chi connectivity index (χ0n) is 16.2. The predicted molar refractivity (Wildman–Crippen MR) is 115 cm³/mol. The molecule has 0 bridgehead atoms. The minimum absolute atomic E-state index is 0. The third-order valence-electron chi connectivity index (χ3n) is 4.25. The number of nitrogens with one attached hydrogen (secondary N) is 2. The number of primary amides is 1. The number of alkyl halides is 3. The van der Waals surface area contributed by atoms with Crippen molar-refractivity contribution >= 4 is 41.8 Å². The number of carbonyl (C=O) groups excluding carboxylic acids is 1. The molecule has 1 unspecified atom stereocenters. The van der Waals surface area contributed by atoms with E-state index in [4.69, 9.17) is 5.73 Å². The van der Waals surface area contributed by atoms with Gasteiger partial charge in [-0.15, -0.1) is 24.0 Å². The molecule has 1 atom stereocenters. The molecule has 0 radical (unpaired) electrons. The summed E-state index contributed by atoms with van der Waals surface area (Å²) in [5.74, 6) is 0.517. The van der Waals surface area contributed by atoms with E-state index < -0.39 is 11.9 Å². The van der Waals surface area contributed by atoms with Gasteiger partial charge in [-0.05, 0) is 31.7 Å². The summed E-state index contributed by atoms with van der Waals surface area (Å²) >= 11 is 0. The first-order valence-electron chi connectivity index (χ1n) is 9.25. The van der Waals surface area contributed by atoms with Crippen LogP contribution in [0, 0.1) is 5.92 Å². The van der Waals surface area contributed by atoms with Gasteiger partial charge >= 0.3 is 6.18 Å². The monoisotopic (exact) mass is 529 g/mol. The average molecular weight is 529 g/mol. The van der Waals surface area contributed by atoms with Crippen LogP contribution >= 0.6 is 24.0 Å². The highest BCUT2D eigenvalue weighted by atomic mass is 127. The minimum atomic E-state index is -4.51. The quantitative estimate of drug-likeness (QED) is 0.216. The summed E-state index contributed by atoms with van der Waals surface area (Å²) in [5.41, 5.74) is 4.31. The van der Waals surface area contributed by atoms with Crippen molar-refractivity contribution in [3.05, 3.63) is 18.0 Å². The Balaban J connectivity index is 0.00000420. The molecule has 1 aromatic heterocycles. The van der Waals surface area contributed by atoms with E-state index in [2.05, 4.69) is 30.5 Å². The van der Waals surface area contributed by atoms with Gasteiger partial charge in [0.15, 0.2) is 5.96 Å². The van der Waals surface area contributed by atoms with E-state index in [0.29, 0.717) is 32.0 Å². The Morgan fingerprint density at radius 1 is 1.45 bits per heavy atom. The van der Waals surface area contributed by atoms with Gasteiger partial charge in [-0.25, -0.2) is 9.97 Å². The maximum absolute atomic E-state index is 12.7. The number of piperidine rings is 1. The maximum Gasteiger partial charge on any atom is 0.433 e. The Bertz CT molecular complexity index is 687.